The summed E-state index contributed by atoms with van der Waals surface area (Å²) in [5, 5.41) is 17.7. The van der Waals surface area contributed by atoms with Crippen LogP contribution in [0.5, 0.6) is 0 Å². The highest BCUT2D eigenvalue weighted by Crippen LogP contribution is 2.24. The number of rotatable bonds is 6. The molecule has 138 valence electrons. The zero-order valence-electron chi connectivity index (χ0n) is 13.6. The number of hydrogen-bond donors (Lipinski definition) is 4. The molecule has 4 N–H and O–H groups in total. The summed E-state index contributed by atoms with van der Waals surface area (Å²) in [4.78, 5) is 37.3. The predicted molar refractivity (Wildman–Crippen MR) is 92.7 cm³/mol. The van der Waals surface area contributed by atoms with Crippen molar-refractivity contribution in [3.63, 3.8) is 0 Å². The van der Waals surface area contributed by atoms with E-state index in [2.05, 4.69) is 20.7 Å². The molecule has 0 aliphatic carbocycles. The summed E-state index contributed by atoms with van der Waals surface area (Å²) in [6.45, 7) is 0.461. The molecule has 1 atom stereocenters. The van der Waals surface area contributed by atoms with Crippen molar-refractivity contribution in [3.05, 3.63) is 21.3 Å². The van der Waals surface area contributed by atoms with Gasteiger partial charge in [0.05, 0.1) is 22.9 Å². The van der Waals surface area contributed by atoms with Gasteiger partial charge in [0.2, 0.25) is 5.91 Å². The smallest absolute Gasteiger partial charge is 0.330 e. The molecule has 1 saturated heterocycles. The summed E-state index contributed by atoms with van der Waals surface area (Å²) in [6, 6.07) is 2.01. The van der Waals surface area contributed by atoms with Gasteiger partial charge < -0.3 is 25.8 Å². The van der Waals surface area contributed by atoms with Crippen LogP contribution in [0.15, 0.2) is 12.1 Å². The number of carbonyl (C=O) groups excluding carboxylic acids is 3. The van der Waals surface area contributed by atoms with Crippen LogP contribution >= 0.6 is 22.9 Å². The Balaban J connectivity index is 2.17. The third kappa shape index (κ3) is 4.69. The molecule has 1 aromatic rings. The Kier molecular flexibility index (Phi) is 6.77. The highest BCUT2D eigenvalue weighted by Gasteiger charge is 2.42. The molecule has 2 amide bonds. The fourth-order valence-electron chi connectivity index (χ4n) is 2.60. The Labute approximate surface area is 153 Å². The first-order valence-corrected chi connectivity index (χ1v) is 8.89. The van der Waals surface area contributed by atoms with Crippen LogP contribution < -0.4 is 16.0 Å². The summed E-state index contributed by atoms with van der Waals surface area (Å²) in [7, 11) is 1.17. The lowest BCUT2D eigenvalue weighted by Gasteiger charge is -2.37. The lowest BCUT2D eigenvalue weighted by atomic mass is 9.86. The fraction of sp³-hybridized carbons (Fsp3) is 0.533. The summed E-state index contributed by atoms with van der Waals surface area (Å²) >= 11 is 6.97. The number of hydrogen-bond acceptors (Lipinski definition) is 7. The summed E-state index contributed by atoms with van der Waals surface area (Å²) in [5.41, 5.74) is -1.18. The minimum Gasteiger partial charge on any atom is -0.467 e. The second kappa shape index (κ2) is 8.61. The SMILES string of the molecule is COC(=O)C(CO)NC(=O)C1(NC(=O)c2ccc(Cl)s2)CCNCC1. The van der Waals surface area contributed by atoms with Gasteiger partial charge in [-0.05, 0) is 38.1 Å². The van der Waals surface area contributed by atoms with Crippen LogP contribution in [0, 0.1) is 0 Å². The summed E-state index contributed by atoms with van der Waals surface area (Å²) in [6.07, 6.45) is 0.700. The third-order valence-corrected chi connectivity index (χ3v) is 5.25. The lowest BCUT2D eigenvalue weighted by molar-refractivity contribution is -0.147. The maximum absolute atomic E-state index is 12.8. The van der Waals surface area contributed by atoms with E-state index in [1.165, 1.54) is 7.11 Å². The van der Waals surface area contributed by atoms with Crippen LogP contribution in [0.2, 0.25) is 4.34 Å². The van der Waals surface area contributed by atoms with Crippen LogP contribution in [-0.4, -0.2) is 61.3 Å². The van der Waals surface area contributed by atoms with Gasteiger partial charge in [-0.15, -0.1) is 11.3 Å². The summed E-state index contributed by atoms with van der Waals surface area (Å²) in [5.74, 6) is -1.70. The van der Waals surface area contributed by atoms with Crippen molar-refractivity contribution in [1.82, 2.24) is 16.0 Å². The molecule has 1 fully saturated rings. The molecule has 2 heterocycles. The molecular formula is C15H20ClN3O5S. The van der Waals surface area contributed by atoms with E-state index >= 15 is 0 Å². The number of amides is 2. The molecule has 10 heteroatoms. The first-order valence-electron chi connectivity index (χ1n) is 7.70. The molecular weight excluding hydrogens is 370 g/mol. The van der Waals surface area contributed by atoms with Crippen molar-refractivity contribution in [1.29, 1.82) is 0 Å². The second-order valence-electron chi connectivity index (χ2n) is 5.62. The molecule has 25 heavy (non-hydrogen) atoms. The normalized spacial score (nSPS) is 17.4. The van der Waals surface area contributed by atoms with Gasteiger partial charge in [-0.3, -0.25) is 9.59 Å². The van der Waals surface area contributed by atoms with Crippen molar-refractivity contribution < 1.29 is 24.2 Å². The van der Waals surface area contributed by atoms with Crippen molar-refractivity contribution >= 4 is 40.7 Å². The first-order chi connectivity index (χ1) is 11.9. The van der Waals surface area contributed by atoms with Gasteiger partial charge in [0.1, 0.15) is 5.54 Å². The Morgan fingerprint density at radius 1 is 1.40 bits per heavy atom. The molecule has 1 aliphatic heterocycles. The molecule has 0 radical (unpaired) electrons. The lowest BCUT2D eigenvalue weighted by Crippen LogP contribution is -2.65. The Morgan fingerprint density at radius 2 is 2.08 bits per heavy atom. The number of halogens is 1. The van der Waals surface area contributed by atoms with Crippen molar-refractivity contribution in [2.24, 2.45) is 0 Å². The van der Waals surface area contributed by atoms with Crippen LogP contribution in [0.3, 0.4) is 0 Å². The van der Waals surface area contributed by atoms with Gasteiger partial charge in [0.15, 0.2) is 6.04 Å². The van der Waals surface area contributed by atoms with E-state index in [9.17, 15) is 19.5 Å². The average molecular weight is 390 g/mol. The number of esters is 1. The maximum atomic E-state index is 12.8. The molecule has 0 spiro atoms. The first kappa shape index (κ1) is 19.6. The quantitative estimate of drug-likeness (QED) is 0.505. The van der Waals surface area contributed by atoms with Crippen LogP contribution in [0.25, 0.3) is 0 Å². The number of thiophene rings is 1. The molecule has 8 nitrogen and oxygen atoms in total. The molecule has 0 bridgehead atoms. The standard InChI is InChI=1S/C15H20ClN3O5S/c1-24-13(22)9(8-20)18-14(23)15(4-6-17-7-5-15)19-12(21)10-2-3-11(16)25-10/h2-3,9,17,20H,4-8H2,1H3,(H,18,23)(H,19,21). The zero-order valence-corrected chi connectivity index (χ0v) is 15.2. The highest BCUT2D eigenvalue weighted by atomic mass is 35.5. The highest BCUT2D eigenvalue weighted by molar-refractivity contribution is 7.18. The minimum atomic E-state index is -1.18. The van der Waals surface area contributed by atoms with E-state index in [4.69, 9.17) is 11.6 Å². The molecule has 1 unspecified atom stereocenters. The number of methoxy groups -OCH3 is 1. The van der Waals surface area contributed by atoms with E-state index in [1.54, 1.807) is 12.1 Å². The molecule has 0 saturated carbocycles. The molecule has 1 aliphatic rings. The topological polar surface area (TPSA) is 117 Å². The number of ether oxygens (including phenoxy) is 1. The summed E-state index contributed by atoms with van der Waals surface area (Å²) < 4.78 is 5.02. The average Bonchev–Trinajstić information content (AvgIpc) is 3.06. The maximum Gasteiger partial charge on any atom is 0.330 e. The van der Waals surface area contributed by atoms with Crippen LogP contribution in [-0.2, 0) is 14.3 Å². The van der Waals surface area contributed by atoms with Gasteiger partial charge in [-0.2, -0.15) is 0 Å². The number of nitrogens with one attached hydrogen (secondary N) is 3. The van der Waals surface area contributed by atoms with Crippen LogP contribution in [0.4, 0.5) is 0 Å². The van der Waals surface area contributed by atoms with E-state index in [0.29, 0.717) is 35.1 Å². The molecule has 1 aromatic heterocycles. The molecule has 0 aromatic carbocycles. The van der Waals surface area contributed by atoms with Gasteiger partial charge in [-0.1, -0.05) is 11.6 Å². The minimum absolute atomic E-state index is 0.350. The fourth-order valence-corrected chi connectivity index (χ4v) is 3.53. The number of aliphatic hydroxyl groups is 1. The van der Waals surface area contributed by atoms with Crippen molar-refractivity contribution in [3.8, 4) is 0 Å². The van der Waals surface area contributed by atoms with Gasteiger partial charge in [0, 0.05) is 0 Å². The van der Waals surface area contributed by atoms with Gasteiger partial charge >= 0.3 is 5.97 Å². The largest absolute Gasteiger partial charge is 0.467 e. The van der Waals surface area contributed by atoms with Crippen molar-refractivity contribution in [2.75, 3.05) is 26.8 Å². The Hall–Kier alpha value is -1.68. The molecule has 2 rings (SSSR count). The number of piperidine rings is 1. The Bertz CT molecular complexity index is 645. The second-order valence-corrected chi connectivity index (χ2v) is 7.34. The van der Waals surface area contributed by atoms with Crippen LogP contribution in [0.1, 0.15) is 22.5 Å². The van der Waals surface area contributed by atoms with Crippen molar-refractivity contribution in [2.45, 2.75) is 24.4 Å². The third-order valence-electron chi connectivity index (χ3n) is 4.02. The monoisotopic (exact) mass is 389 g/mol. The zero-order chi connectivity index (χ0) is 18.4. The van der Waals surface area contributed by atoms with E-state index in [1.807, 2.05) is 0 Å². The van der Waals surface area contributed by atoms with E-state index in [0.717, 1.165) is 11.3 Å². The Morgan fingerprint density at radius 3 is 2.60 bits per heavy atom. The van der Waals surface area contributed by atoms with Gasteiger partial charge in [-0.25, -0.2) is 4.79 Å². The predicted octanol–water partition coefficient (Wildman–Crippen LogP) is -0.0964. The van der Waals surface area contributed by atoms with Gasteiger partial charge in [0.25, 0.3) is 5.91 Å². The van der Waals surface area contributed by atoms with E-state index < -0.39 is 36.0 Å². The number of aliphatic hydroxyl groups excluding tert-OH is 1. The number of carbonyl (C=O) groups is 3. The van der Waals surface area contributed by atoms with E-state index in [-0.39, 0.29) is 0 Å².